The smallest absolute Gasteiger partial charge is 0.422 e. The summed E-state index contributed by atoms with van der Waals surface area (Å²) in [5.74, 6) is -0.484. The third-order valence-electron chi connectivity index (χ3n) is 4.08. The van der Waals surface area contributed by atoms with Crippen LogP contribution in [0.25, 0.3) is 11.0 Å². The second kappa shape index (κ2) is 7.45. The standard InChI is InChI=1S/C18H18F3N5O2/c1-10-7-12(8-23-17(10)28-9-18(19,20)21)11(2)24-16(27)14-13-5-4-6-22-15(13)26(3)25-14/h4-8,11H,9H2,1-3H3,(H,24,27). The number of aryl methyl sites for hydroxylation is 2. The molecule has 0 radical (unpaired) electrons. The van der Waals surface area contributed by atoms with Crippen LogP contribution in [0.4, 0.5) is 13.2 Å². The van der Waals surface area contributed by atoms with Crippen LogP contribution in [0.3, 0.4) is 0 Å². The zero-order chi connectivity index (χ0) is 20.5. The number of amides is 1. The average Bonchev–Trinajstić information content (AvgIpc) is 2.97. The van der Waals surface area contributed by atoms with Crippen LogP contribution in [0, 0.1) is 6.92 Å². The van der Waals surface area contributed by atoms with E-state index in [4.69, 9.17) is 4.74 Å². The number of nitrogens with zero attached hydrogens (tertiary/aromatic N) is 4. The Kier molecular flexibility index (Phi) is 5.21. The Morgan fingerprint density at radius 2 is 2.11 bits per heavy atom. The summed E-state index contributed by atoms with van der Waals surface area (Å²) in [6.07, 6.45) is -1.44. The lowest BCUT2D eigenvalue weighted by atomic mass is 10.1. The van der Waals surface area contributed by atoms with Crippen molar-refractivity contribution in [3.63, 3.8) is 0 Å². The van der Waals surface area contributed by atoms with Crippen molar-refractivity contribution in [1.29, 1.82) is 0 Å². The fourth-order valence-corrected chi connectivity index (χ4v) is 2.73. The highest BCUT2D eigenvalue weighted by Crippen LogP contribution is 2.23. The third kappa shape index (κ3) is 4.21. The van der Waals surface area contributed by atoms with Gasteiger partial charge in [-0.3, -0.25) is 4.79 Å². The first-order valence-corrected chi connectivity index (χ1v) is 8.40. The molecule has 0 bridgehead atoms. The molecular weight excluding hydrogens is 375 g/mol. The number of nitrogens with one attached hydrogen (secondary N) is 1. The van der Waals surface area contributed by atoms with Crippen molar-refractivity contribution in [1.82, 2.24) is 25.1 Å². The number of aromatic nitrogens is 4. The first-order valence-electron chi connectivity index (χ1n) is 8.40. The van der Waals surface area contributed by atoms with Gasteiger partial charge in [0.2, 0.25) is 5.88 Å². The summed E-state index contributed by atoms with van der Waals surface area (Å²) in [6.45, 7) is 1.93. The van der Waals surface area contributed by atoms with E-state index in [0.717, 1.165) is 0 Å². The maximum atomic E-state index is 12.6. The number of halogens is 3. The second-order valence-corrected chi connectivity index (χ2v) is 6.34. The van der Waals surface area contributed by atoms with Crippen molar-refractivity contribution in [2.45, 2.75) is 26.1 Å². The molecule has 0 aliphatic rings. The minimum Gasteiger partial charge on any atom is -0.468 e. The van der Waals surface area contributed by atoms with Crippen molar-refractivity contribution in [3.05, 3.63) is 47.4 Å². The fraction of sp³-hybridized carbons (Fsp3) is 0.333. The highest BCUT2D eigenvalue weighted by atomic mass is 19.4. The summed E-state index contributed by atoms with van der Waals surface area (Å²) in [6, 6.07) is 4.66. The zero-order valence-corrected chi connectivity index (χ0v) is 15.4. The lowest BCUT2D eigenvalue weighted by Crippen LogP contribution is -2.27. The summed E-state index contributed by atoms with van der Waals surface area (Å²) in [5.41, 5.74) is 1.90. The molecule has 0 saturated heterocycles. The average molecular weight is 393 g/mol. The maximum absolute atomic E-state index is 12.6. The largest absolute Gasteiger partial charge is 0.468 e. The van der Waals surface area contributed by atoms with Gasteiger partial charge in [0.15, 0.2) is 17.9 Å². The fourth-order valence-electron chi connectivity index (χ4n) is 2.73. The van der Waals surface area contributed by atoms with E-state index < -0.39 is 18.8 Å². The molecule has 0 saturated carbocycles. The number of ether oxygens (including phenoxy) is 1. The van der Waals surface area contributed by atoms with Gasteiger partial charge in [0.1, 0.15) is 0 Å². The van der Waals surface area contributed by atoms with Crippen molar-refractivity contribution < 1.29 is 22.7 Å². The van der Waals surface area contributed by atoms with Gasteiger partial charge in [0.25, 0.3) is 5.91 Å². The van der Waals surface area contributed by atoms with E-state index >= 15 is 0 Å². The van der Waals surface area contributed by atoms with Crippen LogP contribution in [-0.4, -0.2) is 38.4 Å². The number of pyridine rings is 2. The molecule has 28 heavy (non-hydrogen) atoms. The lowest BCUT2D eigenvalue weighted by Gasteiger charge is -2.16. The molecule has 0 fully saturated rings. The van der Waals surface area contributed by atoms with Gasteiger partial charge in [-0.2, -0.15) is 18.3 Å². The van der Waals surface area contributed by atoms with Crippen molar-refractivity contribution >= 4 is 16.9 Å². The van der Waals surface area contributed by atoms with Gasteiger partial charge in [0.05, 0.1) is 11.4 Å². The molecule has 1 atom stereocenters. The normalized spacial score (nSPS) is 12.8. The molecule has 3 rings (SSSR count). The van der Waals surface area contributed by atoms with E-state index in [1.165, 1.54) is 10.9 Å². The van der Waals surface area contributed by atoms with Crippen molar-refractivity contribution in [2.24, 2.45) is 7.05 Å². The summed E-state index contributed by atoms with van der Waals surface area (Å²) in [5, 5.41) is 7.66. The molecule has 1 amide bonds. The maximum Gasteiger partial charge on any atom is 0.422 e. The molecular formula is C18H18F3N5O2. The van der Waals surface area contributed by atoms with Crippen LogP contribution in [-0.2, 0) is 7.05 Å². The van der Waals surface area contributed by atoms with Gasteiger partial charge in [-0.15, -0.1) is 0 Å². The molecule has 1 N–H and O–H groups in total. The molecule has 3 aromatic heterocycles. The topological polar surface area (TPSA) is 81.9 Å². The van der Waals surface area contributed by atoms with Crippen LogP contribution in [0.5, 0.6) is 5.88 Å². The third-order valence-corrected chi connectivity index (χ3v) is 4.08. The minimum absolute atomic E-state index is 0.0959. The summed E-state index contributed by atoms with van der Waals surface area (Å²) < 4.78 is 43.1. The van der Waals surface area contributed by atoms with Crippen molar-refractivity contribution in [2.75, 3.05) is 6.61 Å². The van der Waals surface area contributed by atoms with E-state index in [2.05, 4.69) is 20.4 Å². The number of carbonyl (C=O) groups is 1. The molecule has 0 aliphatic carbocycles. The molecule has 0 aromatic carbocycles. The number of carbonyl (C=O) groups excluding carboxylic acids is 1. The Balaban J connectivity index is 1.74. The van der Waals surface area contributed by atoms with E-state index in [1.54, 1.807) is 45.3 Å². The number of fused-ring (bicyclic) bond motifs is 1. The lowest BCUT2D eigenvalue weighted by molar-refractivity contribution is -0.154. The molecule has 3 heterocycles. The summed E-state index contributed by atoms with van der Waals surface area (Å²) >= 11 is 0. The molecule has 10 heteroatoms. The Bertz CT molecular complexity index is 1020. The Hall–Kier alpha value is -3.17. The molecule has 1 unspecified atom stereocenters. The SMILES string of the molecule is Cc1cc(C(C)NC(=O)c2nn(C)c3ncccc23)cnc1OCC(F)(F)F. The second-order valence-electron chi connectivity index (χ2n) is 6.34. The van der Waals surface area contributed by atoms with E-state index in [9.17, 15) is 18.0 Å². The summed E-state index contributed by atoms with van der Waals surface area (Å²) in [7, 11) is 1.70. The van der Waals surface area contributed by atoms with E-state index in [-0.39, 0.29) is 17.5 Å². The number of hydrogen-bond donors (Lipinski definition) is 1. The minimum atomic E-state index is -4.44. The predicted octanol–water partition coefficient (Wildman–Crippen LogP) is 3.10. The van der Waals surface area contributed by atoms with Crippen LogP contribution in [0.2, 0.25) is 0 Å². The van der Waals surface area contributed by atoms with Gasteiger partial charge in [-0.05, 0) is 37.6 Å². The van der Waals surface area contributed by atoms with Gasteiger partial charge in [0, 0.05) is 25.0 Å². The Morgan fingerprint density at radius 3 is 2.79 bits per heavy atom. The number of rotatable bonds is 5. The van der Waals surface area contributed by atoms with Crippen molar-refractivity contribution in [3.8, 4) is 5.88 Å². The van der Waals surface area contributed by atoms with Gasteiger partial charge in [-0.1, -0.05) is 0 Å². The first kappa shape index (κ1) is 19.6. The molecule has 148 valence electrons. The number of alkyl halides is 3. The summed E-state index contributed by atoms with van der Waals surface area (Å²) in [4.78, 5) is 20.8. The Labute approximate surface area is 158 Å². The molecule has 0 aliphatic heterocycles. The van der Waals surface area contributed by atoms with Crippen LogP contribution < -0.4 is 10.1 Å². The van der Waals surface area contributed by atoms with Crippen LogP contribution >= 0.6 is 0 Å². The van der Waals surface area contributed by atoms with Crippen LogP contribution in [0.15, 0.2) is 30.6 Å². The first-order chi connectivity index (χ1) is 13.2. The number of hydrogen-bond acceptors (Lipinski definition) is 5. The van der Waals surface area contributed by atoms with Gasteiger partial charge >= 0.3 is 6.18 Å². The molecule has 7 nitrogen and oxygen atoms in total. The van der Waals surface area contributed by atoms with Gasteiger partial charge < -0.3 is 10.1 Å². The highest BCUT2D eigenvalue weighted by molar-refractivity contribution is 6.04. The van der Waals surface area contributed by atoms with E-state index in [0.29, 0.717) is 22.2 Å². The van der Waals surface area contributed by atoms with Crippen LogP contribution in [0.1, 0.15) is 34.6 Å². The highest BCUT2D eigenvalue weighted by Gasteiger charge is 2.29. The van der Waals surface area contributed by atoms with E-state index in [1.807, 2.05) is 0 Å². The monoisotopic (exact) mass is 393 g/mol. The molecule has 3 aromatic rings. The zero-order valence-electron chi connectivity index (χ0n) is 15.4. The van der Waals surface area contributed by atoms with Gasteiger partial charge in [-0.25, -0.2) is 14.6 Å². The predicted molar refractivity (Wildman–Crippen MR) is 94.9 cm³/mol. The molecule has 0 spiro atoms. The quantitative estimate of drug-likeness (QED) is 0.720. The Morgan fingerprint density at radius 1 is 1.36 bits per heavy atom.